The fraction of sp³-hybridized carbons (Fsp3) is 0.400. The van der Waals surface area contributed by atoms with Crippen molar-refractivity contribution < 1.29 is 14.3 Å². The van der Waals surface area contributed by atoms with Crippen LogP contribution in [0.1, 0.15) is 13.8 Å². The summed E-state index contributed by atoms with van der Waals surface area (Å²) in [5.74, 6) is -0.145. The molecule has 24 heavy (non-hydrogen) atoms. The second-order valence-electron chi connectivity index (χ2n) is 4.97. The van der Waals surface area contributed by atoms with E-state index in [1.165, 1.54) is 0 Å². The average molecular weight is 375 g/mol. The zero-order valence-electron chi connectivity index (χ0n) is 14.1. The van der Waals surface area contributed by atoms with Crippen molar-refractivity contribution >= 4 is 53.1 Å². The van der Waals surface area contributed by atoms with E-state index < -0.39 is 6.09 Å². The van der Waals surface area contributed by atoms with Gasteiger partial charge in [0.1, 0.15) is 0 Å². The summed E-state index contributed by atoms with van der Waals surface area (Å²) < 4.78 is 4.75. The van der Waals surface area contributed by atoms with Crippen LogP contribution in [0.3, 0.4) is 0 Å². The number of ether oxygens (including phenoxy) is 1. The molecule has 3 N–H and O–H groups in total. The van der Waals surface area contributed by atoms with Crippen molar-refractivity contribution in [3.05, 3.63) is 24.3 Å². The fourth-order valence-electron chi connectivity index (χ4n) is 1.59. The van der Waals surface area contributed by atoms with Gasteiger partial charge < -0.3 is 15.4 Å². The number of anilines is 2. The molecule has 0 saturated carbocycles. The van der Waals surface area contributed by atoms with Crippen LogP contribution in [-0.4, -0.2) is 48.8 Å². The van der Waals surface area contributed by atoms with Gasteiger partial charge in [0.05, 0.1) is 24.0 Å². The first-order valence-corrected chi connectivity index (χ1v) is 7.57. The lowest BCUT2D eigenvalue weighted by Gasteiger charge is -2.20. The molecule has 0 aliphatic rings. The van der Waals surface area contributed by atoms with Crippen molar-refractivity contribution in [3.8, 4) is 0 Å². The van der Waals surface area contributed by atoms with Gasteiger partial charge in [0, 0.05) is 0 Å². The first-order valence-electron chi connectivity index (χ1n) is 7.16. The van der Waals surface area contributed by atoms with Crippen molar-refractivity contribution in [1.82, 2.24) is 10.2 Å². The van der Waals surface area contributed by atoms with Crippen LogP contribution in [0.4, 0.5) is 16.2 Å². The standard InChI is InChI=1S/C15H22N4O3S.ClH/c1-5-22-15(21)18-14(23)17-12-9-7-6-8-11(12)16-13(20)10(2)19(3)4;/h6-10H,5H2,1-4H3,(H,16,20)(H2,17,18,21,23);1H. The van der Waals surface area contributed by atoms with Crippen LogP contribution in [0.2, 0.25) is 0 Å². The maximum atomic E-state index is 12.2. The lowest BCUT2D eigenvalue weighted by molar-refractivity contribution is -0.119. The number of hydrogen-bond acceptors (Lipinski definition) is 5. The van der Waals surface area contributed by atoms with E-state index in [1.54, 1.807) is 43.0 Å². The van der Waals surface area contributed by atoms with Crippen LogP contribution in [0, 0.1) is 0 Å². The molecule has 1 aromatic carbocycles. The third kappa shape index (κ3) is 7.12. The number of carbonyl (C=O) groups is 2. The van der Waals surface area contributed by atoms with Crippen LogP contribution in [0.5, 0.6) is 0 Å². The summed E-state index contributed by atoms with van der Waals surface area (Å²) in [6.45, 7) is 3.76. The Hall–Kier alpha value is -1.90. The summed E-state index contributed by atoms with van der Waals surface area (Å²) in [5, 5.41) is 8.17. The van der Waals surface area contributed by atoms with Crippen molar-refractivity contribution in [1.29, 1.82) is 0 Å². The predicted molar refractivity (Wildman–Crippen MR) is 102 cm³/mol. The molecule has 134 valence electrons. The second kappa shape index (κ2) is 10.8. The number of amides is 2. The number of benzene rings is 1. The molecule has 2 amide bonds. The van der Waals surface area contributed by atoms with Gasteiger partial charge in [-0.3, -0.25) is 15.0 Å². The minimum Gasteiger partial charge on any atom is -0.450 e. The Balaban J connectivity index is 0.00000529. The number of halogens is 1. The van der Waals surface area contributed by atoms with E-state index in [2.05, 4.69) is 16.0 Å². The summed E-state index contributed by atoms with van der Waals surface area (Å²) in [4.78, 5) is 25.3. The van der Waals surface area contributed by atoms with Gasteiger partial charge in [-0.05, 0) is 52.3 Å². The molecule has 0 aliphatic heterocycles. The van der Waals surface area contributed by atoms with Crippen LogP contribution in [0.25, 0.3) is 0 Å². The highest BCUT2D eigenvalue weighted by Crippen LogP contribution is 2.21. The van der Waals surface area contributed by atoms with Gasteiger partial charge in [-0.1, -0.05) is 12.1 Å². The zero-order valence-corrected chi connectivity index (χ0v) is 15.7. The van der Waals surface area contributed by atoms with Crippen LogP contribution < -0.4 is 16.0 Å². The smallest absolute Gasteiger partial charge is 0.413 e. The summed E-state index contributed by atoms with van der Waals surface area (Å²) in [6, 6.07) is 6.79. The van der Waals surface area contributed by atoms with Gasteiger partial charge >= 0.3 is 6.09 Å². The Morgan fingerprint density at radius 2 is 1.75 bits per heavy atom. The van der Waals surface area contributed by atoms with E-state index in [9.17, 15) is 9.59 Å². The Kier molecular flexibility index (Phi) is 9.94. The molecule has 0 aromatic heterocycles. The number of para-hydroxylation sites is 2. The number of likely N-dealkylation sites (N-methyl/N-ethyl adjacent to an activating group) is 1. The molecule has 1 rings (SSSR count). The quantitative estimate of drug-likeness (QED) is 0.687. The molecule has 9 heteroatoms. The fourth-order valence-corrected chi connectivity index (χ4v) is 1.78. The number of thiocarbonyl (C=S) groups is 1. The first-order chi connectivity index (χ1) is 10.8. The van der Waals surface area contributed by atoms with Gasteiger partial charge in [0.25, 0.3) is 0 Å². The van der Waals surface area contributed by atoms with Crippen molar-refractivity contribution in [2.24, 2.45) is 0 Å². The summed E-state index contributed by atoms with van der Waals surface area (Å²) >= 11 is 5.05. The highest BCUT2D eigenvalue weighted by atomic mass is 35.5. The highest BCUT2D eigenvalue weighted by molar-refractivity contribution is 7.80. The van der Waals surface area contributed by atoms with Gasteiger partial charge in [-0.25, -0.2) is 4.79 Å². The Morgan fingerprint density at radius 3 is 2.25 bits per heavy atom. The lowest BCUT2D eigenvalue weighted by Crippen LogP contribution is -2.37. The number of nitrogens with one attached hydrogen (secondary N) is 3. The van der Waals surface area contributed by atoms with Gasteiger partial charge in [0.2, 0.25) is 5.91 Å². The minimum absolute atomic E-state index is 0. The maximum Gasteiger partial charge on any atom is 0.413 e. The molecule has 0 spiro atoms. The van der Waals surface area contributed by atoms with E-state index in [0.717, 1.165) is 0 Å². The third-order valence-electron chi connectivity index (χ3n) is 3.08. The number of hydrogen-bond donors (Lipinski definition) is 3. The Morgan fingerprint density at radius 1 is 1.21 bits per heavy atom. The van der Waals surface area contributed by atoms with E-state index in [1.807, 2.05) is 14.1 Å². The SMILES string of the molecule is CCOC(=O)NC(=S)Nc1ccccc1NC(=O)C(C)N(C)C.Cl. The number of nitrogens with zero attached hydrogens (tertiary/aromatic N) is 1. The maximum absolute atomic E-state index is 12.2. The van der Waals surface area contributed by atoms with Crippen LogP contribution >= 0.6 is 24.6 Å². The van der Waals surface area contributed by atoms with Crippen molar-refractivity contribution in [2.45, 2.75) is 19.9 Å². The molecular weight excluding hydrogens is 352 g/mol. The van der Waals surface area contributed by atoms with E-state index in [-0.39, 0.29) is 36.1 Å². The molecule has 1 aromatic rings. The average Bonchev–Trinajstić information content (AvgIpc) is 2.48. The highest BCUT2D eigenvalue weighted by Gasteiger charge is 2.16. The third-order valence-corrected chi connectivity index (χ3v) is 3.28. The summed E-state index contributed by atoms with van der Waals surface area (Å²) in [7, 11) is 3.65. The first kappa shape index (κ1) is 22.1. The topological polar surface area (TPSA) is 82.7 Å². The van der Waals surface area contributed by atoms with Crippen LogP contribution in [0.15, 0.2) is 24.3 Å². The molecule has 1 unspecified atom stereocenters. The number of carbonyl (C=O) groups excluding carboxylic acids is 2. The number of alkyl carbamates (subject to hydrolysis) is 1. The number of rotatable bonds is 5. The minimum atomic E-state index is -0.632. The molecule has 7 nitrogen and oxygen atoms in total. The summed E-state index contributed by atoms with van der Waals surface area (Å²) in [6.07, 6.45) is -0.632. The largest absolute Gasteiger partial charge is 0.450 e. The van der Waals surface area contributed by atoms with Crippen molar-refractivity contribution in [3.63, 3.8) is 0 Å². The normalized spacial score (nSPS) is 11.0. The molecule has 0 bridgehead atoms. The monoisotopic (exact) mass is 374 g/mol. The molecule has 0 saturated heterocycles. The van der Waals surface area contributed by atoms with Gasteiger partial charge in [-0.2, -0.15) is 0 Å². The Labute approximate surface area is 153 Å². The second-order valence-corrected chi connectivity index (χ2v) is 5.38. The Bertz CT molecular complexity index is 584. The zero-order chi connectivity index (χ0) is 17.4. The molecule has 0 aliphatic carbocycles. The van der Waals surface area contributed by atoms with Gasteiger partial charge in [-0.15, -0.1) is 12.4 Å². The molecule has 0 heterocycles. The van der Waals surface area contributed by atoms with E-state index >= 15 is 0 Å². The molecule has 0 fully saturated rings. The molecule has 0 radical (unpaired) electrons. The molecular formula is C15H23ClN4O3S. The van der Waals surface area contributed by atoms with E-state index in [4.69, 9.17) is 17.0 Å². The van der Waals surface area contributed by atoms with E-state index in [0.29, 0.717) is 11.4 Å². The van der Waals surface area contributed by atoms with Crippen molar-refractivity contribution in [2.75, 3.05) is 31.3 Å². The predicted octanol–water partition coefficient (Wildman–Crippen LogP) is 2.44. The van der Waals surface area contributed by atoms with Crippen LogP contribution in [-0.2, 0) is 9.53 Å². The van der Waals surface area contributed by atoms with Gasteiger partial charge in [0.15, 0.2) is 5.11 Å². The lowest BCUT2D eigenvalue weighted by atomic mass is 10.2. The molecule has 1 atom stereocenters. The summed E-state index contributed by atoms with van der Waals surface area (Å²) in [5.41, 5.74) is 1.15.